The van der Waals surface area contributed by atoms with Gasteiger partial charge in [0.05, 0.1) is 23.6 Å². The number of aryl methyl sites for hydroxylation is 1. The van der Waals surface area contributed by atoms with Crippen LogP contribution in [0.3, 0.4) is 0 Å². The third-order valence-electron chi connectivity index (χ3n) is 4.30. The molecule has 8 heteroatoms. The highest BCUT2D eigenvalue weighted by atomic mass is 32.1. The van der Waals surface area contributed by atoms with Gasteiger partial charge >= 0.3 is 0 Å². The summed E-state index contributed by atoms with van der Waals surface area (Å²) in [5.41, 5.74) is 1.58. The molecule has 0 saturated carbocycles. The van der Waals surface area contributed by atoms with Crippen molar-refractivity contribution in [3.05, 3.63) is 63.4 Å². The summed E-state index contributed by atoms with van der Waals surface area (Å²) in [7, 11) is 0. The van der Waals surface area contributed by atoms with E-state index in [1.54, 1.807) is 23.6 Å². The molecular weight excluding hydrogens is 364 g/mol. The molecule has 0 bridgehead atoms. The van der Waals surface area contributed by atoms with Crippen LogP contribution in [0.15, 0.2) is 51.6 Å². The Kier molecular flexibility index (Phi) is 4.41. The molecule has 0 aliphatic carbocycles. The molecule has 1 N–H and O–H groups in total. The number of nitrogens with one attached hydrogen (secondary N) is 1. The predicted octanol–water partition coefficient (Wildman–Crippen LogP) is 2.82. The number of aromatic nitrogens is 3. The van der Waals surface area contributed by atoms with Gasteiger partial charge in [0.25, 0.3) is 5.56 Å². The molecule has 4 aromatic rings. The van der Waals surface area contributed by atoms with Crippen LogP contribution in [-0.2, 0) is 24.4 Å². The molecule has 0 fully saturated rings. The van der Waals surface area contributed by atoms with Gasteiger partial charge in [-0.15, -0.1) is 17.9 Å². The van der Waals surface area contributed by atoms with Gasteiger partial charge in [-0.2, -0.15) is 5.10 Å². The van der Waals surface area contributed by atoms with Gasteiger partial charge in [0.15, 0.2) is 5.58 Å². The Hall–Kier alpha value is -3.13. The van der Waals surface area contributed by atoms with Crippen molar-refractivity contribution in [3.8, 4) is 0 Å². The minimum Gasteiger partial charge on any atom is -0.459 e. The summed E-state index contributed by atoms with van der Waals surface area (Å²) in [6.45, 7) is 6.38. The summed E-state index contributed by atoms with van der Waals surface area (Å²) in [5, 5.41) is 9.57. The number of rotatable bonds is 6. The molecule has 0 radical (unpaired) electrons. The Morgan fingerprint density at radius 3 is 3.07 bits per heavy atom. The molecule has 0 aliphatic heterocycles. The lowest BCUT2D eigenvalue weighted by atomic mass is 10.3. The summed E-state index contributed by atoms with van der Waals surface area (Å²) in [5.74, 6) is 0.496. The van der Waals surface area contributed by atoms with E-state index < -0.39 is 0 Å². The SMILES string of the molecule is C=CCn1c2cc(C)oc2c2cnn(CC(=O)NCc3cccs3)c(=O)c21. The molecular formula is C19H18N4O3S. The average molecular weight is 382 g/mol. The van der Waals surface area contributed by atoms with Crippen molar-refractivity contribution in [3.63, 3.8) is 0 Å². The minimum atomic E-state index is -0.329. The van der Waals surface area contributed by atoms with Gasteiger partial charge in [0, 0.05) is 17.5 Å². The van der Waals surface area contributed by atoms with E-state index >= 15 is 0 Å². The first-order chi connectivity index (χ1) is 13.1. The fraction of sp³-hybridized carbons (Fsp3) is 0.211. The predicted molar refractivity (Wildman–Crippen MR) is 105 cm³/mol. The molecule has 0 aromatic carbocycles. The summed E-state index contributed by atoms with van der Waals surface area (Å²) in [6.07, 6.45) is 3.30. The minimum absolute atomic E-state index is 0.139. The Labute approximate surface area is 158 Å². The number of fused-ring (bicyclic) bond motifs is 3. The molecule has 0 spiro atoms. The van der Waals surface area contributed by atoms with Gasteiger partial charge in [-0.1, -0.05) is 12.1 Å². The lowest BCUT2D eigenvalue weighted by Gasteiger charge is -2.07. The van der Waals surface area contributed by atoms with E-state index in [0.29, 0.717) is 29.6 Å². The number of thiophene rings is 1. The van der Waals surface area contributed by atoms with Crippen LogP contribution < -0.4 is 10.9 Å². The molecule has 0 unspecified atom stereocenters. The van der Waals surface area contributed by atoms with E-state index in [9.17, 15) is 9.59 Å². The first-order valence-corrected chi connectivity index (χ1v) is 9.35. The van der Waals surface area contributed by atoms with Crippen molar-refractivity contribution in [1.82, 2.24) is 19.7 Å². The van der Waals surface area contributed by atoms with Crippen molar-refractivity contribution in [2.45, 2.75) is 26.6 Å². The van der Waals surface area contributed by atoms with E-state index in [1.807, 2.05) is 35.1 Å². The monoisotopic (exact) mass is 382 g/mol. The van der Waals surface area contributed by atoms with E-state index in [0.717, 1.165) is 16.2 Å². The number of amides is 1. The second-order valence-electron chi connectivity index (χ2n) is 6.20. The molecule has 0 atom stereocenters. The fourth-order valence-corrected chi connectivity index (χ4v) is 3.79. The van der Waals surface area contributed by atoms with E-state index in [1.165, 1.54) is 4.68 Å². The van der Waals surface area contributed by atoms with E-state index in [4.69, 9.17) is 4.42 Å². The van der Waals surface area contributed by atoms with Crippen molar-refractivity contribution in [2.24, 2.45) is 0 Å². The van der Waals surface area contributed by atoms with Gasteiger partial charge in [0.2, 0.25) is 5.91 Å². The number of carbonyl (C=O) groups excluding carboxylic acids is 1. The summed E-state index contributed by atoms with van der Waals surface area (Å²) < 4.78 is 8.77. The van der Waals surface area contributed by atoms with Crippen LogP contribution in [-0.4, -0.2) is 20.3 Å². The van der Waals surface area contributed by atoms with Crippen LogP contribution in [0, 0.1) is 6.92 Å². The zero-order valence-corrected chi connectivity index (χ0v) is 15.6. The second-order valence-corrected chi connectivity index (χ2v) is 7.23. The Bertz CT molecular complexity index is 1200. The topological polar surface area (TPSA) is 82.1 Å². The Morgan fingerprint density at radius 2 is 2.33 bits per heavy atom. The first kappa shape index (κ1) is 17.3. The van der Waals surface area contributed by atoms with E-state index in [-0.39, 0.29) is 18.0 Å². The summed E-state index contributed by atoms with van der Waals surface area (Å²) in [4.78, 5) is 26.2. The average Bonchev–Trinajstić information content (AvgIpc) is 3.34. The van der Waals surface area contributed by atoms with Crippen LogP contribution in [0.1, 0.15) is 10.6 Å². The lowest BCUT2D eigenvalue weighted by molar-refractivity contribution is -0.122. The van der Waals surface area contributed by atoms with Crippen molar-refractivity contribution in [2.75, 3.05) is 0 Å². The van der Waals surface area contributed by atoms with Crippen LogP contribution in [0.2, 0.25) is 0 Å². The van der Waals surface area contributed by atoms with Crippen molar-refractivity contribution >= 4 is 39.2 Å². The highest BCUT2D eigenvalue weighted by Crippen LogP contribution is 2.29. The molecule has 27 heavy (non-hydrogen) atoms. The van der Waals surface area contributed by atoms with Crippen LogP contribution in [0.4, 0.5) is 0 Å². The maximum absolute atomic E-state index is 13.0. The lowest BCUT2D eigenvalue weighted by Crippen LogP contribution is -2.33. The maximum Gasteiger partial charge on any atom is 0.291 e. The first-order valence-electron chi connectivity index (χ1n) is 8.47. The summed E-state index contributed by atoms with van der Waals surface area (Å²) in [6, 6.07) is 5.76. The Morgan fingerprint density at radius 1 is 1.48 bits per heavy atom. The molecule has 4 rings (SSSR count). The number of allylic oxidation sites excluding steroid dienone is 1. The Balaban J connectivity index is 1.69. The smallest absolute Gasteiger partial charge is 0.291 e. The van der Waals surface area contributed by atoms with Crippen LogP contribution in [0.25, 0.3) is 22.0 Å². The van der Waals surface area contributed by atoms with Gasteiger partial charge in [-0.3, -0.25) is 9.59 Å². The van der Waals surface area contributed by atoms with Crippen molar-refractivity contribution in [1.29, 1.82) is 0 Å². The molecule has 0 saturated heterocycles. The fourth-order valence-electron chi connectivity index (χ4n) is 3.14. The number of hydrogen-bond acceptors (Lipinski definition) is 5. The highest BCUT2D eigenvalue weighted by Gasteiger charge is 2.19. The maximum atomic E-state index is 13.0. The number of hydrogen-bond donors (Lipinski definition) is 1. The molecule has 4 aromatic heterocycles. The normalized spacial score (nSPS) is 11.3. The molecule has 4 heterocycles. The third kappa shape index (κ3) is 3.08. The standard InChI is InChI=1S/C19H18N4O3S/c1-3-6-22-15-8-12(2)26-18(15)14-10-21-23(19(25)17(14)22)11-16(24)20-9-13-5-4-7-27-13/h3-5,7-8,10H,1,6,9,11H2,2H3,(H,20,24). The van der Waals surface area contributed by atoms with Gasteiger partial charge in [-0.05, 0) is 18.4 Å². The second kappa shape index (κ2) is 6.88. The largest absolute Gasteiger partial charge is 0.459 e. The van der Waals surface area contributed by atoms with Crippen LogP contribution >= 0.6 is 11.3 Å². The summed E-state index contributed by atoms with van der Waals surface area (Å²) >= 11 is 1.57. The number of nitrogens with zero attached hydrogens (tertiary/aromatic N) is 3. The van der Waals surface area contributed by atoms with Crippen LogP contribution in [0.5, 0.6) is 0 Å². The van der Waals surface area contributed by atoms with Crippen molar-refractivity contribution < 1.29 is 9.21 Å². The molecule has 7 nitrogen and oxygen atoms in total. The molecule has 1 amide bonds. The highest BCUT2D eigenvalue weighted by molar-refractivity contribution is 7.09. The third-order valence-corrected chi connectivity index (χ3v) is 5.18. The zero-order chi connectivity index (χ0) is 19.0. The molecule has 0 aliphatic rings. The van der Waals surface area contributed by atoms with Gasteiger partial charge in [-0.25, -0.2) is 4.68 Å². The van der Waals surface area contributed by atoms with E-state index in [2.05, 4.69) is 17.0 Å². The number of carbonyl (C=O) groups is 1. The van der Waals surface area contributed by atoms with Gasteiger partial charge < -0.3 is 14.3 Å². The quantitative estimate of drug-likeness (QED) is 0.520. The zero-order valence-electron chi connectivity index (χ0n) is 14.8. The number of furan rings is 1. The molecule has 138 valence electrons. The van der Waals surface area contributed by atoms with Gasteiger partial charge in [0.1, 0.15) is 17.8 Å².